The first kappa shape index (κ1) is 14.7. The minimum Gasteiger partial charge on any atom is -0.0961 e. The predicted octanol–water partition coefficient (Wildman–Crippen LogP) is 4.75. The molecule has 0 rings (SSSR count). The molecule has 0 amide bonds. The average molecular weight is 180 g/mol. The molecule has 0 saturated carbocycles. The van der Waals surface area contributed by atoms with Gasteiger partial charge in [0, 0.05) is 0 Å². The summed E-state index contributed by atoms with van der Waals surface area (Å²) in [7, 11) is 0. The van der Waals surface area contributed by atoms with Crippen LogP contribution >= 0.6 is 0 Å². The highest BCUT2D eigenvalue weighted by atomic mass is 14.0. The van der Waals surface area contributed by atoms with Gasteiger partial charge in [-0.2, -0.15) is 0 Å². The lowest BCUT2D eigenvalue weighted by Gasteiger charge is -2.02. The summed E-state index contributed by atoms with van der Waals surface area (Å²) in [6.45, 7) is 18.1. The van der Waals surface area contributed by atoms with Crippen molar-refractivity contribution >= 4 is 0 Å². The molecular weight excluding hydrogens is 156 g/mol. The Kier molecular flexibility index (Phi) is 10.5. The minimum absolute atomic E-state index is 0.692. The third-order valence-corrected chi connectivity index (χ3v) is 1.27. The van der Waals surface area contributed by atoms with Crippen molar-refractivity contribution in [2.45, 2.75) is 41.0 Å². The third-order valence-electron chi connectivity index (χ3n) is 1.27. The van der Waals surface area contributed by atoms with Crippen LogP contribution in [0.3, 0.4) is 0 Å². The molecule has 0 spiro atoms. The highest BCUT2D eigenvalue weighted by molar-refractivity contribution is 5.22. The summed E-state index contributed by atoms with van der Waals surface area (Å²) < 4.78 is 0. The lowest BCUT2D eigenvalue weighted by molar-refractivity contribution is 0.651. The summed E-state index contributed by atoms with van der Waals surface area (Å²) >= 11 is 0. The van der Waals surface area contributed by atoms with Crippen molar-refractivity contribution in [3.05, 3.63) is 36.5 Å². The fourth-order valence-electron chi connectivity index (χ4n) is 0.853. The van der Waals surface area contributed by atoms with Crippen LogP contribution in [0.4, 0.5) is 0 Å². The SMILES string of the molecule is C=C(C)/C=C\C(=C)CC(C)C.CC. The molecule has 0 fully saturated rings. The number of rotatable bonds is 4. The van der Waals surface area contributed by atoms with Crippen LogP contribution in [0.15, 0.2) is 36.5 Å². The molecule has 0 aliphatic heterocycles. The Morgan fingerprint density at radius 3 is 1.92 bits per heavy atom. The van der Waals surface area contributed by atoms with E-state index in [0.29, 0.717) is 5.92 Å². The van der Waals surface area contributed by atoms with Crippen LogP contribution in [0.1, 0.15) is 41.0 Å². The first-order chi connectivity index (χ1) is 6.02. The Bertz CT molecular complexity index is 170. The zero-order valence-corrected chi connectivity index (χ0v) is 9.85. The average Bonchev–Trinajstić information content (AvgIpc) is 2.03. The Labute approximate surface area is 84.1 Å². The largest absolute Gasteiger partial charge is 0.0961 e. The molecule has 13 heavy (non-hydrogen) atoms. The highest BCUT2D eigenvalue weighted by Crippen LogP contribution is 2.10. The molecule has 0 saturated heterocycles. The van der Waals surface area contributed by atoms with Crippen LogP contribution < -0.4 is 0 Å². The zero-order chi connectivity index (χ0) is 10.9. The molecule has 0 radical (unpaired) electrons. The van der Waals surface area contributed by atoms with E-state index in [9.17, 15) is 0 Å². The molecule has 0 aliphatic carbocycles. The van der Waals surface area contributed by atoms with Crippen molar-refractivity contribution < 1.29 is 0 Å². The summed E-state index contributed by atoms with van der Waals surface area (Å²) in [4.78, 5) is 0. The van der Waals surface area contributed by atoms with E-state index in [1.807, 2.05) is 32.9 Å². The fraction of sp³-hybridized carbons (Fsp3) is 0.538. The van der Waals surface area contributed by atoms with Crippen LogP contribution in [0.5, 0.6) is 0 Å². The Morgan fingerprint density at radius 1 is 1.15 bits per heavy atom. The van der Waals surface area contributed by atoms with E-state index in [2.05, 4.69) is 27.0 Å². The molecule has 0 heterocycles. The second-order valence-corrected chi connectivity index (χ2v) is 3.44. The van der Waals surface area contributed by atoms with E-state index < -0.39 is 0 Å². The van der Waals surface area contributed by atoms with Gasteiger partial charge in [-0.1, -0.05) is 64.2 Å². The maximum atomic E-state index is 3.94. The monoisotopic (exact) mass is 180 g/mol. The van der Waals surface area contributed by atoms with Gasteiger partial charge in [0.15, 0.2) is 0 Å². The molecule has 0 unspecified atom stereocenters. The molecule has 0 aliphatic rings. The second kappa shape index (κ2) is 9.31. The number of hydrogen-bond acceptors (Lipinski definition) is 0. The van der Waals surface area contributed by atoms with Gasteiger partial charge >= 0.3 is 0 Å². The molecule has 0 aromatic rings. The quantitative estimate of drug-likeness (QED) is 0.548. The van der Waals surface area contributed by atoms with E-state index in [4.69, 9.17) is 0 Å². The van der Waals surface area contributed by atoms with Gasteiger partial charge in [-0.3, -0.25) is 0 Å². The summed E-state index contributed by atoms with van der Waals surface area (Å²) in [6.07, 6.45) is 5.12. The van der Waals surface area contributed by atoms with E-state index in [1.165, 1.54) is 5.57 Å². The van der Waals surface area contributed by atoms with Gasteiger partial charge in [-0.25, -0.2) is 0 Å². The van der Waals surface area contributed by atoms with E-state index in [1.54, 1.807) is 0 Å². The first-order valence-corrected chi connectivity index (χ1v) is 5.03. The molecule has 0 N–H and O–H groups in total. The van der Waals surface area contributed by atoms with Gasteiger partial charge in [0.2, 0.25) is 0 Å². The standard InChI is InChI=1S/C11H18.C2H6/c1-9(2)6-7-11(5)8-10(3)4;1-2/h6-7,10H,1,5,8H2,2-4H3;1-2H3/b7-6-;. The Hall–Kier alpha value is -0.780. The maximum Gasteiger partial charge on any atom is -0.0262 e. The molecule has 0 bridgehead atoms. The van der Waals surface area contributed by atoms with Crippen molar-refractivity contribution in [3.8, 4) is 0 Å². The summed E-state index contributed by atoms with van der Waals surface area (Å²) in [6, 6.07) is 0. The van der Waals surface area contributed by atoms with E-state index in [-0.39, 0.29) is 0 Å². The van der Waals surface area contributed by atoms with Crippen molar-refractivity contribution in [3.63, 3.8) is 0 Å². The molecular formula is C13H24. The van der Waals surface area contributed by atoms with Gasteiger partial charge < -0.3 is 0 Å². The highest BCUT2D eigenvalue weighted by Gasteiger charge is 1.93. The predicted molar refractivity (Wildman–Crippen MR) is 63.9 cm³/mol. The van der Waals surface area contributed by atoms with Gasteiger partial charge in [0.1, 0.15) is 0 Å². The maximum absolute atomic E-state index is 3.94. The van der Waals surface area contributed by atoms with E-state index >= 15 is 0 Å². The van der Waals surface area contributed by atoms with Crippen LogP contribution in [0.25, 0.3) is 0 Å². The van der Waals surface area contributed by atoms with Crippen molar-refractivity contribution in [2.75, 3.05) is 0 Å². The van der Waals surface area contributed by atoms with Crippen LogP contribution in [-0.2, 0) is 0 Å². The molecule has 0 aromatic carbocycles. The van der Waals surface area contributed by atoms with Crippen LogP contribution in [-0.4, -0.2) is 0 Å². The van der Waals surface area contributed by atoms with Gasteiger partial charge in [0.25, 0.3) is 0 Å². The lowest BCUT2D eigenvalue weighted by Crippen LogP contribution is -1.87. The fourth-order valence-corrected chi connectivity index (χ4v) is 0.853. The third kappa shape index (κ3) is 14.1. The number of allylic oxidation sites excluding steroid dienone is 4. The second-order valence-electron chi connectivity index (χ2n) is 3.44. The Balaban J connectivity index is 0. The van der Waals surface area contributed by atoms with Crippen LogP contribution in [0.2, 0.25) is 0 Å². The normalized spacial score (nSPS) is 9.69. The van der Waals surface area contributed by atoms with E-state index in [0.717, 1.165) is 12.0 Å². The Morgan fingerprint density at radius 2 is 1.62 bits per heavy atom. The molecule has 0 nitrogen and oxygen atoms in total. The topological polar surface area (TPSA) is 0 Å². The smallest absolute Gasteiger partial charge is 0.0262 e. The van der Waals surface area contributed by atoms with Crippen molar-refractivity contribution in [1.29, 1.82) is 0 Å². The van der Waals surface area contributed by atoms with Crippen molar-refractivity contribution in [1.82, 2.24) is 0 Å². The summed E-state index contributed by atoms with van der Waals surface area (Å²) in [5.74, 6) is 0.692. The molecule has 0 heteroatoms. The summed E-state index contributed by atoms with van der Waals surface area (Å²) in [5.41, 5.74) is 2.26. The first-order valence-electron chi connectivity index (χ1n) is 5.03. The zero-order valence-electron chi connectivity index (χ0n) is 9.85. The van der Waals surface area contributed by atoms with Gasteiger partial charge in [-0.05, 0) is 19.3 Å². The summed E-state index contributed by atoms with van der Waals surface area (Å²) in [5, 5.41) is 0. The van der Waals surface area contributed by atoms with Gasteiger partial charge in [-0.15, -0.1) is 0 Å². The minimum atomic E-state index is 0.692. The number of hydrogen-bond donors (Lipinski definition) is 0. The molecule has 76 valence electrons. The van der Waals surface area contributed by atoms with Crippen molar-refractivity contribution in [2.24, 2.45) is 5.92 Å². The lowest BCUT2D eigenvalue weighted by atomic mass is 10.0. The van der Waals surface area contributed by atoms with Crippen LogP contribution in [0, 0.1) is 5.92 Å². The van der Waals surface area contributed by atoms with Gasteiger partial charge in [0.05, 0.1) is 0 Å². The molecule has 0 atom stereocenters. The molecule has 0 aromatic heterocycles.